The van der Waals surface area contributed by atoms with Crippen LogP contribution >= 0.6 is 0 Å². The molecular formula is C17H18FN5O2. The van der Waals surface area contributed by atoms with Crippen molar-refractivity contribution in [3.05, 3.63) is 47.7 Å². The average Bonchev–Trinajstić information content (AvgIpc) is 3.08. The second kappa shape index (κ2) is 7.25. The zero-order valence-corrected chi connectivity index (χ0v) is 14.0. The van der Waals surface area contributed by atoms with Crippen LogP contribution in [0.1, 0.15) is 22.8 Å². The number of ether oxygens (including phenoxy) is 1. The number of halogens is 1. The molecule has 0 unspecified atom stereocenters. The number of esters is 1. The first-order chi connectivity index (χ1) is 12.1. The number of aryl methyl sites for hydroxylation is 1. The number of hydrogen-bond acceptors (Lipinski definition) is 6. The zero-order chi connectivity index (χ0) is 17.8. The minimum atomic E-state index is -0.498. The van der Waals surface area contributed by atoms with E-state index in [1.807, 2.05) is 0 Å². The lowest BCUT2D eigenvalue weighted by atomic mass is 10.1. The molecule has 1 aromatic carbocycles. The van der Waals surface area contributed by atoms with Gasteiger partial charge in [-0.25, -0.2) is 9.18 Å². The van der Waals surface area contributed by atoms with Gasteiger partial charge in [0.15, 0.2) is 0 Å². The Kier molecular flexibility index (Phi) is 4.87. The molecule has 2 heterocycles. The molecule has 25 heavy (non-hydrogen) atoms. The van der Waals surface area contributed by atoms with Crippen LogP contribution in [0.15, 0.2) is 30.7 Å². The molecular weight excluding hydrogens is 325 g/mol. The SMILES string of the molecule is CCOC(=O)c1cnc2c(C)cc(F)cc2c1NCCn1ccnn1. The number of anilines is 1. The van der Waals surface area contributed by atoms with Gasteiger partial charge >= 0.3 is 5.97 Å². The van der Waals surface area contributed by atoms with Gasteiger partial charge in [-0.15, -0.1) is 5.10 Å². The highest BCUT2D eigenvalue weighted by molar-refractivity contribution is 6.05. The predicted octanol–water partition coefficient (Wildman–Crippen LogP) is 2.56. The second-order valence-electron chi connectivity index (χ2n) is 5.48. The number of pyridine rings is 1. The summed E-state index contributed by atoms with van der Waals surface area (Å²) in [6.45, 7) is 4.78. The van der Waals surface area contributed by atoms with Gasteiger partial charge < -0.3 is 10.1 Å². The van der Waals surface area contributed by atoms with Crippen molar-refractivity contribution in [2.45, 2.75) is 20.4 Å². The Morgan fingerprint density at radius 2 is 2.24 bits per heavy atom. The molecule has 0 saturated carbocycles. The summed E-state index contributed by atoms with van der Waals surface area (Å²) in [7, 11) is 0. The van der Waals surface area contributed by atoms with Gasteiger partial charge in [0.05, 0.1) is 30.6 Å². The molecule has 1 N–H and O–H groups in total. The molecule has 3 rings (SSSR count). The van der Waals surface area contributed by atoms with Gasteiger partial charge in [-0.3, -0.25) is 9.67 Å². The third-order valence-corrected chi connectivity index (χ3v) is 3.74. The molecule has 0 radical (unpaired) electrons. The van der Waals surface area contributed by atoms with Crippen LogP contribution in [0.25, 0.3) is 10.9 Å². The normalized spacial score (nSPS) is 10.8. The number of carbonyl (C=O) groups excluding carboxylic acids is 1. The van der Waals surface area contributed by atoms with Crippen molar-refractivity contribution in [2.24, 2.45) is 0 Å². The lowest BCUT2D eigenvalue weighted by Crippen LogP contribution is -2.15. The maximum absolute atomic E-state index is 13.9. The topological polar surface area (TPSA) is 81.9 Å². The minimum Gasteiger partial charge on any atom is -0.462 e. The molecule has 0 amide bonds. The maximum atomic E-state index is 13.9. The summed E-state index contributed by atoms with van der Waals surface area (Å²) in [6, 6.07) is 2.79. The van der Waals surface area contributed by atoms with Crippen LogP contribution in [0.5, 0.6) is 0 Å². The van der Waals surface area contributed by atoms with Gasteiger partial charge in [0.2, 0.25) is 0 Å². The lowest BCUT2D eigenvalue weighted by molar-refractivity contribution is 0.0527. The van der Waals surface area contributed by atoms with Crippen molar-refractivity contribution in [3.63, 3.8) is 0 Å². The van der Waals surface area contributed by atoms with E-state index >= 15 is 0 Å². The molecule has 7 nitrogen and oxygen atoms in total. The number of benzene rings is 1. The quantitative estimate of drug-likeness (QED) is 0.693. The third kappa shape index (κ3) is 3.57. The molecule has 0 fully saturated rings. The van der Waals surface area contributed by atoms with Crippen LogP contribution < -0.4 is 5.32 Å². The third-order valence-electron chi connectivity index (χ3n) is 3.74. The number of hydrogen-bond donors (Lipinski definition) is 1. The summed E-state index contributed by atoms with van der Waals surface area (Å²) in [5.74, 6) is -0.880. The van der Waals surface area contributed by atoms with E-state index in [0.29, 0.717) is 35.2 Å². The fourth-order valence-electron chi connectivity index (χ4n) is 2.64. The van der Waals surface area contributed by atoms with E-state index in [1.165, 1.54) is 18.3 Å². The van der Waals surface area contributed by atoms with Crippen molar-refractivity contribution in [3.8, 4) is 0 Å². The smallest absolute Gasteiger partial charge is 0.341 e. The summed E-state index contributed by atoms with van der Waals surface area (Å²) in [4.78, 5) is 16.6. The Morgan fingerprint density at radius 1 is 1.40 bits per heavy atom. The molecule has 0 aliphatic rings. The van der Waals surface area contributed by atoms with E-state index in [1.54, 1.807) is 30.9 Å². The van der Waals surface area contributed by atoms with E-state index in [9.17, 15) is 9.18 Å². The van der Waals surface area contributed by atoms with Crippen LogP contribution in [0, 0.1) is 12.7 Å². The first-order valence-electron chi connectivity index (χ1n) is 7.94. The minimum absolute atomic E-state index is 0.247. The molecule has 3 aromatic rings. The summed E-state index contributed by atoms with van der Waals surface area (Å²) >= 11 is 0. The number of nitrogens with zero attached hydrogens (tertiary/aromatic N) is 4. The van der Waals surface area contributed by atoms with Gasteiger partial charge in [-0.2, -0.15) is 0 Å². The van der Waals surface area contributed by atoms with Gasteiger partial charge in [0, 0.05) is 24.3 Å². The average molecular weight is 343 g/mol. The second-order valence-corrected chi connectivity index (χ2v) is 5.48. The predicted molar refractivity (Wildman–Crippen MR) is 90.9 cm³/mol. The van der Waals surface area contributed by atoms with E-state index in [0.717, 1.165) is 0 Å². The van der Waals surface area contributed by atoms with Crippen molar-refractivity contribution in [2.75, 3.05) is 18.5 Å². The molecule has 8 heteroatoms. The number of nitrogens with one attached hydrogen (secondary N) is 1. The summed E-state index contributed by atoms with van der Waals surface area (Å²) in [6.07, 6.45) is 4.79. The molecule has 2 aromatic heterocycles. The highest BCUT2D eigenvalue weighted by Gasteiger charge is 2.18. The molecule has 0 bridgehead atoms. The summed E-state index contributed by atoms with van der Waals surface area (Å²) in [5, 5.41) is 11.4. The van der Waals surface area contributed by atoms with E-state index in [2.05, 4.69) is 20.6 Å². The largest absolute Gasteiger partial charge is 0.462 e. The van der Waals surface area contributed by atoms with Gasteiger partial charge in [0.1, 0.15) is 11.4 Å². The Bertz CT molecular complexity index is 896. The number of carbonyl (C=O) groups is 1. The molecule has 130 valence electrons. The fraction of sp³-hybridized carbons (Fsp3) is 0.294. The molecule has 0 aliphatic carbocycles. The monoisotopic (exact) mass is 343 g/mol. The first kappa shape index (κ1) is 16.8. The Hall–Kier alpha value is -3.03. The highest BCUT2D eigenvalue weighted by atomic mass is 19.1. The van der Waals surface area contributed by atoms with Gasteiger partial charge in [-0.05, 0) is 31.5 Å². The molecule has 0 aliphatic heterocycles. The Labute approximate surface area is 143 Å². The van der Waals surface area contributed by atoms with Crippen LogP contribution in [0.3, 0.4) is 0 Å². The first-order valence-corrected chi connectivity index (χ1v) is 7.94. The number of rotatable bonds is 6. The number of fused-ring (bicyclic) bond motifs is 1. The standard InChI is InChI=1S/C17H18FN5O2/c1-3-25-17(24)14-10-20-15-11(2)8-12(18)9-13(15)16(14)19-4-6-23-7-5-21-22-23/h5,7-10H,3-4,6H2,1-2H3,(H,19,20). The van der Waals surface area contributed by atoms with Crippen molar-refractivity contribution in [1.29, 1.82) is 0 Å². The number of aromatic nitrogens is 4. The van der Waals surface area contributed by atoms with Crippen LogP contribution in [-0.4, -0.2) is 39.1 Å². The van der Waals surface area contributed by atoms with Crippen molar-refractivity contribution in [1.82, 2.24) is 20.0 Å². The Morgan fingerprint density at radius 3 is 2.96 bits per heavy atom. The van der Waals surface area contributed by atoms with Crippen LogP contribution in [0.2, 0.25) is 0 Å². The molecule has 0 spiro atoms. The zero-order valence-electron chi connectivity index (χ0n) is 14.0. The fourth-order valence-corrected chi connectivity index (χ4v) is 2.64. The maximum Gasteiger partial charge on any atom is 0.341 e. The van der Waals surface area contributed by atoms with E-state index in [-0.39, 0.29) is 18.0 Å². The van der Waals surface area contributed by atoms with Crippen molar-refractivity contribution >= 4 is 22.6 Å². The summed E-state index contributed by atoms with van der Waals surface area (Å²) < 4.78 is 20.7. The Balaban J connectivity index is 2.00. The van der Waals surface area contributed by atoms with E-state index in [4.69, 9.17) is 4.74 Å². The van der Waals surface area contributed by atoms with Crippen LogP contribution in [-0.2, 0) is 11.3 Å². The molecule has 0 saturated heterocycles. The summed E-state index contributed by atoms with van der Waals surface area (Å²) in [5.41, 5.74) is 2.12. The van der Waals surface area contributed by atoms with Crippen LogP contribution in [0.4, 0.5) is 10.1 Å². The van der Waals surface area contributed by atoms with E-state index < -0.39 is 5.97 Å². The highest BCUT2D eigenvalue weighted by Crippen LogP contribution is 2.29. The van der Waals surface area contributed by atoms with Gasteiger partial charge in [-0.1, -0.05) is 5.21 Å². The molecule has 0 atom stereocenters. The lowest BCUT2D eigenvalue weighted by Gasteiger charge is -2.15. The van der Waals surface area contributed by atoms with Gasteiger partial charge in [0.25, 0.3) is 0 Å². The van der Waals surface area contributed by atoms with Crippen molar-refractivity contribution < 1.29 is 13.9 Å².